The Morgan fingerprint density at radius 1 is 1.00 bits per heavy atom. The minimum Gasteiger partial charge on any atom is -0.462 e. The summed E-state index contributed by atoms with van der Waals surface area (Å²) in [5.74, 6) is -0.987. The highest BCUT2D eigenvalue weighted by atomic mass is 16.5. The molecule has 0 radical (unpaired) electrons. The molecule has 0 bridgehead atoms. The molecule has 1 aromatic carbocycles. The van der Waals surface area contributed by atoms with Crippen LogP contribution in [0.5, 0.6) is 0 Å². The lowest BCUT2D eigenvalue weighted by atomic mass is 9.98. The van der Waals surface area contributed by atoms with Crippen molar-refractivity contribution in [2.45, 2.75) is 34.1 Å². The van der Waals surface area contributed by atoms with Crippen molar-refractivity contribution in [2.24, 2.45) is 5.41 Å². The van der Waals surface area contributed by atoms with Gasteiger partial charge in [-0.15, -0.1) is 0 Å². The molecule has 0 spiro atoms. The molecule has 0 amide bonds. The maximum atomic E-state index is 12.1. The first-order chi connectivity index (χ1) is 9.35. The van der Waals surface area contributed by atoms with Crippen LogP contribution in [0.15, 0.2) is 24.3 Å². The summed E-state index contributed by atoms with van der Waals surface area (Å²) < 4.78 is 10.3. The Morgan fingerprint density at radius 2 is 1.50 bits per heavy atom. The van der Waals surface area contributed by atoms with Crippen molar-refractivity contribution in [3.05, 3.63) is 35.4 Å². The number of ether oxygens (including phenoxy) is 2. The standard InChI is InChI=1S/C16H22O4/c1-5-10-19-14(17)12-8-6-7-9-13(12)15(18)20-11-16(2,3)4/h6-9H,5,10-11H2,1-4H3. The SMILES string of the molecule is CCCOC(=O)c1ccccc1C(=O)OCC(C)(C)C. The average Bonchev–Trinajstić information content (AvgIpc) is 2.41. The fourth-order valence-electron chi connectivity index (χ4n) is 1.47. The number of hydrogen-bond acceptors (Lipinski definition) is 4. The molecule has 0 aliphatic rings. The van der Waals surface area contributed by atoms with Crippen LogP contribution >= 0.6 is 0 Å². The minimum atomic E-state index is -0.496. The van der Waals surface area contributed by atoms with E-state index in [2.05, 4.69) is 0 Å². The van der Waals surface area contributed by atoms with Gasteiger partial charge in [-0.25, -0.2) is 9.59 Å². The van der Waals surface area contributed by atoms with Crippen molar-refractivity contribution in [1.29, 1.82) is 0 Å². The monoisotopic (exact) mass is 278 g/mol. The third-order valence-electron chi connectivity index (χ3n) is 2.44. The van der Waals surface area contributed by atoms with E-state index in [-0.39, 0.29) is 16.5 Å². The van der Waals surface area contributed by atoms with E-state index in [4.69, 9.17) is 9.47 Å². The summed E-state index contributed by atoms with van der Waals surface area (Å²) in [5, 5.41) is 0. The Labute approximate surface area is 120 Å². The van der Waals surface area contributed by atoms with Crippen LogP contribution < -0.4 is 0 Å². The van der Waals surface area contributed by atoms with Gasteiger partial charge in [-0.1, -0.05) is 39.8 Å². The summed E-state index contributed by atoms with van der Waals surface area (Å²) in [6.07, 6.45) is 0.738. The van der Waals surface area contributed by atoms with Crippen molar-refractivity contribution in [3.63, 3.8) is 0 Å². The fourth-order valence-corrected chi connectivity index (χ4v) is 1.47. The molecule has 0 saturated heterocycles. The zero-order valence-corrected chi connectivity index (χ0v) is 12.6. The van der Waals surface area contributed by atoms with Gasteiger partial charge in [-0.2, -0.15) is 0 Å². The zero-order valence-electron chi connectivity index (χ0n) is 12.6. The Hall–Kier alpha value is -1.84. The third-order valence-corrected chi connectivity index (χ3v) is 2.44. The van der Waals surface area contributed by atoms with Crippen LogP contribution in [0.1, 0.15) is 54.8 Å². The maximum absolute atomic E-state index is 12.1. The molecule has 110 valence electrons. The molecule has 1 rings (SSSR count). The number of hydrogen-bond donors (Lipinski definition) is 0. The van der Waals surface area contributed by atoms with E-state index in [0.717, 1.165) is 6.42 Å². The molecule has 0 N–H and O–H groups in total. The van der Waals surface area contributed by atoms with E-state index >= 15 is 0 Å². The zero-order chi connectivity index (χ0) is 15.2. The molecular formula is C16H22O4. The molecule has 4 nitrogen and oxygen atoms in total. The largest absolute Gasteiger partial charge is 0.462 e. The summed E-state index contributed by atoms with van der Waals surface area (Å²) in [6, 6.07) is 6.55. The minimum absolute atomic E-state index is 0.118. The Kier molecular flexibility index (Phi) is 5.74. The lowest BCUT2D eigenvalue weighted by molar-refractivity contribution is 0.0353. The molecule has 4 heteroatoms. The van der Waals surface area contributed by atoms with E-state index in [1.165, 1.54) is 0 Å². The van der Waals surface area contributed by atoms with Gasteiger partial charge in [0.05, 0.1) is 24.3 Å². The summed E-state index contributed by atoms with van der Waals surface area (Å²) in [5.41, 5.74) is 0.380. The number of rotatable bonds is 5. The summed E-state index contributed by atoms with van der Waals surface area (Å²) >= 11 is 0. The van der Waals surface area contributed by atoms with Gasteiger partial charge in [0.25, 0.3) is 0 Å². The van der Waals surface area contributed by atoms with Gasteiger partial charge in [-0.3, -0.25) is 0 Å². The molecule has 0 saturated carbocycles. The van der Waals surface area contributed by atoms with Crippen LogP contribution in [-0.4, -0.2) is 25.2 Å². The maximum Gasteiger partial charge on any atom is 0.339 e. The third kappa shape index (κ3) is 5.03. The van der Waals surface area contributed by atoms with E-state index in [1.54, 1.807) is 24.3 Å². The van der Waals surface area contributed by atoms with Crippen LogP contribution in [0.3, 0.4) is 0 Å². The second-order valence-electron chi connectivity index (χ2n) is 5.82. The van der Waals surface area contributed by atoms with Gasteiger partial charge >= 0.3 is 11.9 Å². The van der Waals surface area contributed by atoms with Crippen molar-refractivity contribution >= 4 is 11.9 Å². The Morgan fingerprint density at radius 3 is 1.95 bits per heavy atom. The molecule has 0 fully saturated rings. The first kappa shape index (κ1) is 16.2. The van der Waals surface area contributed by atoms with Gasteiger partial charge < -0.3 is 9.47 Å². The highest BCUT2D eigenvalue weighted by Gasteiger charge is 2.20. The van der Waals surface area contributed by atoms with Gasteiger partial charge in [-0.05, 0) is 24.0 Å². The molecule has 0 aliphatic heterocycles. The van der Waals surface area contributed by atoms with Crippen molar-refractivity contribution in [1.82, 2.24) is 0 Å². The van der Waals surface area contributed by atoms with Gasteiger partial charge in [0, 0.05) is 0 Å². The fraction of sp³-hybridized carbons (Fsp3) is 0.500. The first-order valence-electron chi connectivity index (χ1n) is 6.78. The Balaban J connectivity index is 2.84. The van der Waals surface area contributed by atoms with Crippen molar-refractivity contribution in [3.8, 4) is 0 Å². The van der Waals surface area contributed by atoms with E-state index in [9.17, 15) is 9.59 Å². The van der Waals surface area contributed by atoms with E-state index in [0.29, 0.717) is 13.2 Å². The lowest BCUT2D eigenvalue weighted by Gasteiger charge is -2.18. The van der Waals surface area contributed by atoms with E-state index in [1.807, 2.05) is 27.7 Å². The molecule has 0 unspecified atom stereocenters. The summed E-state index contributed by atoms with van der Waals surface area (Å²) in [4.78, 5) is 24.0. The second kappa shape index (κ2) is 7.08. The predicted molar refractivity (Wildman–Crippen MR) is 76.8 cm³/mol. The van der Waals surface area contributed by atoms with Crippen LogP contribution in [0.2, 0.25) is 0 Å². The molecule has 0 atom stereocenters. The van der Waals surface area contributed by atoms with Gasteiger partial charge in [0.15, 0.2) is 0 Å². The molecule has 0 heterocycles. The Bertz CT molecular complexity index is 472. The number of esters is 2. The van der Waals surface area contributed by atoms with Gasteiger partial charge in [0.2, 0.25) is 0 Å². The summed E-state index contributed by atoms with van der Waals surface area (Å²) in [6.45, 7) is 8.47. The molecule has 0 aromatic heterocycles. The van der Waals surface area contributed by atoms with Crippen LogP contribution in [0.4, 0.5) is 0 Å². The molecule has 20 heavy (non-hydrogen) atoms. The van der Waals surface area contributed by atoms with Gasteiger partial charge in [0.1, 0.15) is 0 Å². The van der Waals surface area contributed by atoms with Crippen LogP contribution in [-0.2, 0) is 9.47 Å². The number of carbonyl (C=O) groups is 2. The van der Waals surface area contributed by atoms with Crippen molar-refractivity contribution < 1.29 is 19.1 Å². The normalized spacial score (nSPS) is 11.0. The highest BCUT2D eigenvalue weighted by molar-refractivity contribution is 6.03. The first-order valence-corrected chi connectivity index (χ1v) is 6.78. The molecular weight excluding hydrogens is 256 g/mol. The topological polar surface area (TPSA) is 52.6 Å². The molecule has 1 aromatic rings. The number of benzene rings is 1. The smallest absolute Gasteiger partial charge is 0.339 e. The predicted octanol–water partition coefficient (Wildman–Crippen LogP) is 3.46. The second-order valence-corrected chi connectivity index (χ2v) is 5.82. The van der Waals surface area contributed by atoms with Crippen LogP contribution in [0.25, 0.3) is 0 Å². The summed E-state index contributed by atoms with van der Waals surface area (Å²) in [7, 11) is 0. The average molecular weight is 278 g/mol. The lowest BCUT2D eigenvalue weighted by Crippen LogP contribution is -2.20. The molecule has 0 aliphatic carbocycles. The highest BCUT2D eigenvalue weighted by Crippen LogP contribution is 2.16. The van der Waals surface area contributed by atoms with E-state index < -0.39 is 11.9 Å². The quantitative estimate of drug-likeness (QED) is 0.774. The number of carbonyl (C=O) groups excluding carboxylic acids is 2. The van der Waals surface area contributed by atoms with Crippen LogP contribution in [0, 0.1) is 5.41 Å². The van der Waals surface area contributed by atoms with Crippen molar-refractivity contribution in [2.75, 3.05) is 13.2 Å².